The molecule has 0 bridgehead atoms. The van der Waals surface area contributed by atoms with Gasteiger partial charge in [0, 0.05) is 31.6 Å². The van der Waals surface area contributed by atoms with E-state index in [1.807, 2.05) is 55.5 Å². The molecule has 1 heterocycles. The highest BCUT2D eigenvalue weighted by atomic mass is 32.2. The standard InChI is InChI=1S/C30H33N3O5S/c1-21-17-33(22(2)19-34)30(35)28-14-7-6-13-27(28)26-12-5-4-10-24(26)20-38-29(21)18-32(3)39(36,37)25-11-8-9-23(15-25)16-31/h4-15,21-22,29,34H,17-20H2,1-3H3/t21-,22+,29-/m1/s1. The Labute approximate surface area is 230 Å². The molecule has 0 fully saturated rings. The Morgan fingerprint density at radius 1 is 1.08 bits per heavy atom. The zero-order valence-electron chi connectivity index (χ0n) is 22.3. The van der Waals surface area contributed by atoms with Crippen molar-refractivity contribution in [1.29, 1.82) is 5.26 Å². The number of rotatable bonds is 6. The number of aliphatic hydroxyl groups is 1. The van der Waals surface area contributed by atoms with Gasteiger partial charge in [0.05, 0.1) is 41.9 Å². The fraction of sp³-hybridized carbons (Fsp3) is 0.333. The van der Waals surface area contributed by atoms with E-state index in [9.17, 15) is 23.6 Å². The maximum absolute atomic E-state index is 13.9. The lowest BCUT2D eigenvalue weighted by molar-refractivity contribution is -0.0146. The summed E-state index contributed by atoms with van der Waals surface area (Å²) < 4.78 is 34.4. The largest absolute Gasteiger partial charge is 0.394 e. The van der Waals surface area contributed by atoms with Crippen molar-refractivity contribution in [2.75, 3.05) is 26.7 Å². The number of hydrogen-bond acceptors (Lipinski definition) is 6. The molecular weight excluding hydrogens is 514 g/mol. The predicted molar refractivity (Wildman–Crippen MR) is 148 cm³/mol. The van der Waals surface area contributed by atoms with Crippen LogP contribution < -0.4 is 0 Å². The van der Waals surface area contributed by atoms with Crippen LogP contribution >= 0.6 is 0 Å². The van der Waals surface area contributed by atoms with Crippen molar-refractivity contribution in [3.63, 3.8) is 0 Å². The Balaban J connectivity index is 1.73. The highest BCUT2D eigenvalue weighted by molar-refractivity contribution is 7.89. The molecule has 0 aliphatic carbocycles. The van der Waals surface area contributed by atoms with Crippen molar-refractivity contribution >= 4 is 15.9 Å². The van der Waals surface area contributed by atoms with Crippen molar-refractivity contribution in [1.82, 2.24) is 9.21 Å². The van der Waals surface area contributed by atoms with Crippen LogP contribution in [0.2, 0.25) is 0 Å². The van der Waals surface area contributed by atoms with E-state index in [0.717, 1.165) is 16.7 Å². The number of fused-ring (bicyclic) bond motifs is 3. The topological polar surface area (TPSA) is 111 Å². The van der Waals surface area contributed by atoms with Crippen LogP contribution in [-0.2, 0) is 21.4 Å². The summed E-state index contributed by atoms with van der Waals surface area (Å²) in [5, 5.41) is 19.2. The van der Waals surface area contributed by atoms with Gasteiger partial charge in [-0.1, -0.05) is 55.5 Å². The summed E-state index contributed by atoms with van der Waals surface area (Å²) in [5.74, 6) is -0.479. The molecule has 0 saturated heterocycles. The lowest BCUT2D eigenvalue weighted by atomic mass is 9.94. The minimum absolute atomic E-state index is 0.0277. The summed E-state index contributed by atoms with van der Waals surface area (Å²) in [4.78, 5) is 15.6. The minimum atomic E-state index is -3.91. The van der Waals surface area contributed by atoms with Crippen LogP contribution in [0.5, 0.6) is 0 Å². The highest BCUT2D eigenvalue weighted by Crippen LogP contribution is 2.31. The molecule has 0 spiro atoms. The van der Waals surface area contributed by atoms with Gasteiger partial charge in [-0.15, -0.1) is 0 Å². The zero-order chi connectivity index (χ0) is 28.2. The minimum Gasteiger partial charge on any atom is -0.394 e. The maximum atomic E-state index is 13.9. The van der Waals surface area contributed by atoms with Gasteiger partial charge in [-0.2, -0.15) is 9.57 Å². The lowest BCUT2D eigenvalue weighted by Gasteiger charge is -2.35. The fourth-order valence-electron chi connectivity index (χ4n) is 4.81. The average Bonchev–Trinajstić information content (AvgIpc) is 2.98. The first-order valence-corrected chi connectivity index (χ1v) is 14.3. The summed E-state index contributed by atoms with van der Waals surface area (Å²) in [6.45, 7) is 4.00. The van der Waals surface area contributed by atoms with Crippen LogP contribution in [0, 0.1) is 17.2 Å². The second-order valence-corrected chi connectivity index (χ2v) is 12.0. The van der Waals surface area contributed by atoms with E-state index >= 15 is 0 Å². The molecule has 204 valence electrons. The number of hydrogen-bond donors (Lipinski definition) is 1. The van der Waals surface area contributed by atoms with E-state index < -0.39 is 22.2 Å². The Hall–Kier alpha value is -3.55. The SMILES string of the molecule is C[C@@H]1CN([C@@H](C)CO)C(=O)c2ccccc2-c2ccccc2CO[C@@H]1CN(C)S(=O)(=O)c1cccc(C#N)c1. The van der Waals surface area contributed by atoms with Crippen LogP contribution in [0.3, 0.4) is 0 Å². The molecular formula is C30H33N3O5S. The fourth-order valence-corrected chi connectivity index (χ4v) is 6.04. The molecule has 39 heavy (non-hydrogen) atoms. The summed E-state index contributed by atoms with van der Waals surface area (Å²) in [7, 11) is -2.42. The lowest BCUT2D eigenvalue weighted by Crippen LogP contribution is -2.47. The maximum Gasteiger partial charge on any atom is 0.254 e. The van der Waals surface area contributed by atoms with Gasteiger partial charge in [0.2, 0.25) is 10.0 Å². The molecule has 3 aromatic rings. The van der Waals surface area contributed by atoms with Gasteiger partial charge < -0.3 is 14.7 Å². The number of carbonyl (C=O) groups is 1. The van der Waals surface area contributed by atoms with Gasteiger partial charge >= 0.3 is 0 Å². The normalized spacial score (nSPS) is 19.0. The molecule has 3 atom stereocenters. The molecule has 0 aromatic heterocycles. The van der Waals surface area contributed by atoms with E-state index in [-0.39, 0.29) is 48.6 Å². The van der Waals surface area contributed by atoms with Crippen molar-refractivity contribution in [3.05, 3.63) is 89.5 Å². The molecule has 4 rings (SSSR count). The molecule has 1 aliphatic rings. The van der Waals surface area contributed by atoms with Gasteiger partial charge in [0.1, 0.15) is 0 Å². The van der Waals surface area contributed by atoms with Crippen molar-refractivity contribution in [2.24, 2.45) is 5.92 Å². The van der Waals surface area contributed by atoms with Crippen molar-refractivity contribution in [2.45, 2.75) is 37.5 Å². The molecule has 9 heteroatoms. The van der Waals surface area contributed by atoms with Gasteiger partial charge in [-0.05, 0) is 47.9 Å². The van der Waals surface area contributed by atoms with E-state index in [1.54, 1.807) is 30.0 Å². The quantitative estimate of drug-likeness (QED) is 0.501. The summed E-state index contributed by atoms with van der Waals surface area (Å²) in [5.41, 5.74) is 3.31. The molecule has 1 amide bonds. The number of ether oxygens (including phenoxy) is 1. The average molecular weight is 548 g/mol. The number of amides is 1. The van der Waals surface area contributed by atoms with Crippen molar-refractivity contribution in [3.8, 4) is 17.2 Å². The second kappa shape index (κ2) is 12.1. The monoisotopic (exact) mass is 547 g/mol. The van der Waals surface area contributed by atoms with E-state index in [1.165, 1.54) is 23.5 Å². The number of benzene rings is 3. The third-order valence-corrected chi connectivity index (χ3v) is 9.02. The number of nitriles is 1. The highest BCUT2D eigenvalue weighted by Gasteiger charge is 2.32. The summed E-state index contributed by atoms with van der Waals surface area (Å²) >= 11 is 0. The third-order valence-electron chi connectivity index (χ3n) is 7.20. The Morgan fingerprint density at radius 3 is 2.44 bits per heavy atom. The van der Waals surface area contributed by atoms with E-state index in [2.05, 4.69) is 0 Å². The summed E-state index contributed by atoms with van der Waals surface area (Å²) in [6.07, 6.45) is -0.570. The summed E-state index contributed by atoms with van der Waals surface area (Å²) in [6, 6.07) is 22.5. The van der Waals surface area contributed by atoms with Crippen LogP contribution in [0.15, 0.2) is 77.7 Å². The van der Waals surface area contributed by atoms with Gasteiger partial charge in [0.15, 0.2) is 0 Å². The molecule has 0 saturated carbocycles. The number of carbonyl (C=O) groups excluding carboxylic acids is 1. The molecule has 3 aromatic carbocycles. The van der Waals surface area contributed by atoms with Crippen LogP contribution in [0.25, 0.3) is 11.1 Å². The van der Waals surface area contributed by atoms with Gasteiger partial charge in [-0.3, -0.25) is 4.79 Å². The van der Waals surface area contributed by atoms with Crippen molar-refractivity contribution < 1.29 is 23.1 Å². The molecule has 0 unspecified atom stereocenters. The first kappa shape index (κ1) is 28.5. The third kappa shape index (κ3) is 6.05. The number of nitrogens with zero attached hydrogens (tertiary/aromatic N) is 3. The number of likely N-dealkylation sites (N-methyl/N-ethyl adjacent to an activating group) is 1. The van der Waals surface area contributed by atoms with E-state index in [4.69, 9.17) is 4.74 Å². The number of aliphatic hydroxyl groups excluding tert-OH is 1. The Bertz CT molecular complexity index is 1480. The first-order chi connectivity index (χ1) is 18.7. The second-order valence-electron chi connectivity index (χ2n) is 9.94. The molecule has 0 radical (unpaired) electrons. The zero-order valence-corrected chi connectivity index (χ0v) is 23.1. The van der Waals surface area contributed by atoms with Crippen LogP contribution in [0.4, 0.5) is 0 Å². The Kier molecular flexibility index (Phi) is 8.83. The Morgan fingerprint density at radius 2 is 1.74 bits per heavy atom. The number of sulfonamides is 1. The van der Waals surface area contributed by atoms with Gasteiger partial charge in [-0.25, -0.2) is 8.42 Å². The van der Waals surface area contributed by atoms with Crippen LogP contribution in [0.1, 0.15) is 35.3 Å². The van der Waals surface area contributed by atoms with E-state index in [0.29, 0.717) is 5.56 Å². The van der Waals surface area contributed by atoms with Gasteiger partial charge in [0.25, 0.3) is 5.91 Å². The molecule has 8 nitrogen and oxygen atoms in total. The smallest absolute Gasteiger partial charge is 0.254 e. The molecule has 1 N–H and O–H groups in total. The van der Waals surface area contributed by atoms with Crippen LogP contribution in [-0.4, -0.2) is 67.5 Å². The predicted octanol–water partition coefficient (Wildman–Crippen LogP) is 3.90. The first-order valence-electron chi connectivity index (χ1n) is 12.8. The molecule has 1 aliphatic heterocycles.